The Bertz CT molecular complexity index is 596. The van der Waals surface area contributed by atoms with Gasteiger partial charge in [-0.15, -0.1) is 0 Å². The largest absolute Gasteiger partial charge is 0.330 e. The van der Waals surface area contributed by atoms with E-state index in [1.807, 2.05) is 35.2 Å². The average molecular weight is 241 g/mol. The quantitative estimate of drug-likeness (QED) is 0.867. The molecule has 1 aromatic heterocycles. The Morgan fingerprint density at radius 1 is 1.39 bits per heavy atom. The number of pyridine rings is 1. The molecule has 1 aliphatic heterocycles. The minimum atomic E-state index is 0.161. The van der Waals surface area contributed by atoms with Gasteiger partial charge in [0.15, 0.2) is 0 Å². The molecule has 1 saturated heterocycles. The van der Waals surface area contributed by atoms with Crippen LogP contribution in [0.2, 0.25) is 0 Å². The summed E-state index contributed by atoms with van der Waals surface area (Å²) in [6, 6.07) is 9.83. The number of aromatic nitrogens is 1. The van der Waals surface area contributed by atoms with Gasteiger partial charge < -0.3 is 10.6 Å². The molecule has 2 heterocycles. The van der Waals surface area contributed by atoms with Gasteiger partial charge in [0.2, 0.25) is 5.91 Å². The molecule has 4 nitrogen and oxygen atoms in total. The number of nitrogens with two attached hydrogens (primary N) is 1. The zero-order chi connectivity index (χ0) is 12.5. The molecule has 1 fully saturated rings. The fraction of sp³-hybridized carbons (Fsp3) is 0.286. The van der Waals surface area contributed by atoms with E-state index in [0.717, 1.165) is 23.1 Å². The van der Waals surface area contributed by atoms with Crippen molar-refractivity contribution in [2.45, 2.75) is 6.42 Å². The normalized spacial score (nSPS) is 19.7. The minimum absolute atomic E-state index is 0.161. The van der Waals surface area contributed by atoms with Crippen LogP contribution < -0.4 is 10.6 Å². The summed E-state index contributed by atoms with van der Waals surface area (Å²) in [5, 5.41) is 1.05. The van der Waals surface area contributed by atoms with Crippen molar-refractivity contribution in [3.8, 4) is 0 Å². The third-order valence-corrected chi connectivity index (χ3v) is 3.44. The number of carbonyl (C=O) groups is 1. The SMILES string of the molecule is NCC1CC(=O)N(c2ccc3ncccc3c2)C1. The third kappa shape index (κ3) is 1.84. The zero-order valence-corrected chi connectivity index (χ0v) is 10.0. The van der Waals surface area contributed by atoms with E-state index in [2.05, 4.69) is 4.98 Å². The predicted octanol–water partition coefficient (Wildman–Crippen LogP) is 1.55. The Labute approximate surface area is 105 Å². The van der Waals surface area contributed by atoms with Gasteiger partial charge in [-0.1, -0.05) is 6.07 Å². The molecule has 1 unspecified atom stereocenters. The number of nitrogens with zero attached hydrogens (tertiary/aromatic N) is 2. The molecule has 92 valence electrons. The first-order valence-corrected chi connectivity index (χ1v) is 6.13. The van der Waals surface area contributed by atoms with Crippen molar-refractivity contribution < 1.29 is 4.79 Å². The standard InChI is InChI=1S/C14H15N3O/c15-8-10-6-14(18)17(9-10)12-3-4-13-11(7-12)2-1-5-16-13/h1-5,7,10H,6,8-9,15H2. The van der Waals surface area contributed by atoms with Crippen LogP contribution in [0.5, 0.6) is 0 Å². The number of hydrogen-bond donors (Lipinski definition) is 1. The van der Waals surface area contributed by atoms with Gasteiger partial charge in [0.05, 0.1) is 5.52 Å². The number of fused-ring (bicyclic) bond motifs is 1. The van der Waals surface area contributed by atoms with Crippen LogP contribution in [0.1, 0.15) is 6.42 Å². The first-order valence-electron chi connectivity index (χ1n) is 6.13. The highest BCUT2D eigenvalue weighted by Gasteiger charge is 2.29. The van der Waals surface area contributed by atoms with Gasteiger partial charge in [-0.2, -0.15) is 0 Å². The maximum atomic E-state index is 11.9. The molecule has 0 saturated carbocycles. The first-order chi connectivity index (χ1) is 8.78. The van der Waals surface area contributed by atoms with Gasteiger partial charge >= 0.3 is 0 Å². The summed E-state index contributed by atoms with van der Waals surface area (Å²) in [5.41, 5.74) is 7.53. The lowest BCUT2D eigenvalue weighted by Gasteiger charge is -2.17. The van der Waals surface area contributed by atoms with Crippen LogP contribution in [0.15, 0.2) is 36.5 Å². The van der Waals surface area contributed by atoms with E-state index in [1.165, 1.54) is 0 Å². The van der Waals surface area contributed by atoms with Gasteiger partial charge in [-0.05, 0) is 36.7 Å². The van der Waals surface area contributed by atoms with Crippen molar-refractivity contribution in [3.63, 3.8) is 0 Å². The van der Waals surface area contributed by atoms with Gasteiger partial charge in [0.25, 0.3) is 0 Å². The Balaban J connectivity index is 1.97. The Hall–Kier alpha value is -1.94. The molecule has 0 aliphatic carbocycles. The molecular formula is C14H15N3O. The molecule has 0 spiro atoms. The molecule has 2 aromatic rings. The second-order valence-electron chi connectivity index (χ2n) is 4.69. The molecule has 0 bridgehead atoms. The van der Waals surface area contributed by atoms with Crippen molar-refractivity contribution in [1.82, 2.24) is 4.98 Å². The second kappa shape index (κ2) is 4.38. The van der Waals surface area contributed by atoms with Crippen LogP contribution in [0, 0.1) is 5.92 Å². The lowest BCUT2D eigenvalue weighted by atomic mass is 10.1. The number of hydrogen-bond acceptors (Lipinski definition) is 3. The molecule has 4 heteroatoms. The van der Waals surface area contributed by atoms with Crippen molar-refractivity contribution in [1.29, 1.82) is 0 Å². The molecular weight excluding hydrogens is 226 g/mol. The summed E-state index contributed by atoms with van der Waals surface area (Å²) in [4.78, 5) is 18.0. The molecule has 1 amide bonds. The fourth-order valence-electron chi connectivity index (χ4n) is 2.42. The van der Waals surface area contributed by atoms with Crippen molar-refractivity contribution in [2.75, 3.05) is 18.0 Å². The Morgan fingerprint density at radius 3 is 3.06 bits per heavy atom. The minimum Gasteiger partial charge on any atom is -0.330 e. The summed E-state index contributed by atoms with van der Waals surface area (Å²) in [6.45, 7) is 1.29. The van der Waals surface area contributed by atoms with Gasteiger partial charge in [-0.25, -0.2) is 0 Å². The predicted molar refractivity (Wildman–Crippen MR) is 71.3 cm³/mol. The number of amides is 1. The van der Waals surface area contributed by atoms with Crippen molar-refractivity contribution >= 4 is 22.5 Å². The smallest absolute Gasteiger partial charge is 0.227 e. The molecule has 18 heavy (non-hydrogen) atoms. The highest BCUT2D eigenvalue weighted by atomic mass is 16.2. The van der Waals surface area contributed by atoms with Gasteiger partial charge in [0.1, 0.15) is 0 Å². The third-order valence-electron chi connectivity index (χ3n) is 3.44. The molecule has 3 rings (SSSR count). The maximum Gasteiger partial charge on any atom is 0.227 e. The van der Waals surface area contributed by atoms with E-state index in [1.54, 1.807) is 6.20 Å². The summed E-state index contributed by atoms with van der Waals surface area (Å²) in [7, 11) is 0. The van der Waals surface area contributed by atoms with E-state index in [9.17, 15) is 4.79 Å². The molecule has 1 atom stereocenters. The highest BCUT2D eigenvalue weighted by molar-refractivity contribution is 5.97. The van der Waals surface area contributed by atoms with Crippen LogP contribution in [-0.2, 0) is 4.79 Å². The lowest BCUT2D eigenvalue weighted by Crippen LogP contribution is -2.25. The summed E-state index contributed by atoms with van der Waals surface area (Å²) in [5.74, 6) is 0.441. The summed E-state index contributed by atoms with van der Waals surface area (Å²) >= 11 is 0. The Kier molecular flexibility index (Phi) is 2.72. The van der Waals surface area contributed by atoms with E-state index in [-0.39, 0.29) is 11.8 Å². The van der Waals surface area contributed by atoms with Crippen LogP contribution >= 0.6 is 0 Å². The average Bonchev–Trinajstić information content (AvgIpc) is 2.79. The molecule has 2 N–H and O–H groups in total. The first kappa shape index (κ1) is 11.2. The summed E-state index contributed by atoms with van der Waals surface area (Å²) in [6.07, 6.45) is 2.33. The second-order valence-corrected chi connectivity index (χ2v) is 4.69. The van der Waals surface area contributed by atoms with Gasteiger partial charge in [-0.3, -0.25) is 9.78 Å². The molecule has 1 aliphatic rings. The van der Waals surface area contributed by atoms with Gasteiger partial charge in [0, 0.05) is 30.2 Å². The zero-order valence-electron chi connectivity index (χ0n) is 10.0. The van der Waals surface area contributed by atoms with E-state index >= 15 is 0 Å². The summed E-state index contributed by atoms with van der Waals surface area (Å²) < 4.78 is 0. The Morgan fingerprint density at radius 2 is 2.28 bits per heavy atom. The monoisotopic (exact) mass is 241 g/mol. The van der Waals surface area contributed by atoms with E-state index in [0.29, 0.717) is 13.0 Å². The maximum absolute atomic E-state index is 11.9. The van der Waals surface area contributed by atoms with Crippen LogP contribution in [-0.4, -0.2) is 24.0 Å². The van der Waals surface area contributed by atoms with Crippen LogP contribution in [0.4, 0.5) is 5.69 Å². The van der Waals surface area contributed by atoms with Crippen molar-refractivity contribution in [2.24, 2.45) is 11.7 Å². The topological polar surface area (TPSA) is 59.2 Å². The van der Waals surface area contributed by atoms with Crippen LogP contribution in [0.3, 0.4) is 0 Å². The van der Waals surface area contributed by atoms with Crippen molar-refractivity contribution in [3.05, 3.63) is 36.5 Å². The molecule has 1 aromatic carbocycles. The fourth-order valence-corrected chi connectivity index (χ4v) is 2.42. The lowest BCUT2D eigenvalue weighted by molar-refractivity contribution is -0.117. The number of carbonyl (C=O) groups excluding carboxylic acids is 1. The van der Waals surface area contributed by atoms with E-state index in [4.69, 9.17) is 5.73 Å². The number of benzene rings is 1. The van der Waals surface area contributed by atoms with Crippen LogP contribution in [0.25, 0.3) is 10.9 Å². The molecule has 0 radical (unpaired) electrons. The number of anilines is 1. The highest BCUT2D eigenvalue weighted by Crippen LogP contribution is 2.27. The van der Waals surface area contributed by atoms with E-state index < -0.39 is 0 Å². The number of rotatable bonds is 2.